The van der Waals surface area contributed by atoms with Crippen LogP contribution in [0.5, 0.6) is 0 Å². The minimum absolute atomic E-state index is 0.238. The van der Waals surface area contributed by atoms with Crippen LogP contribution in [0.3, 0.4) is 0 Å². The third-order valence-electron chi connectivity index (χ3n) is 2.85. The maximum absolute atomic E-state index is 11.3. The molecule has 0 aromatic heterocycles. The lowest BCUT2D eigenvalue weighted by atomic mass is 9.93. The number of hydrogen-bond acceptors (Lipinski definition) is 3. The predicted molar refractivity (Wildman–Crippen MR) is 65.6 cm³/mol. The van der Waals surface area contributed by atoms with E-state index in [1.165, 1.54) is 7.11 Å². The van der Waals surface area contributed by atoms with Gasteiger partial charge in [-0.2, -0.15) is 5.26 Å². The first-order valence-electron chi connectivity index (χ1n) is 5.77. The van der Waals surface area contributed by atoms with Crippen LogP contribution in [-0.2, 0) is 28.8 Å². The fraction of sp³-hybridized carbons (Fsp3) is 0.429. The standard InChI is InChI=1S/C14H17NO2/c1-4-10-6-11(8-14(16)17-3)13(5-2)12(7-10)9-15/h6-7H,4-5,8H2,1-3H3. The molecular weight excluding hydrogens is 214 g/mol. The molecule has 0 aliphatic carbocycles. The fourth-order valence-electron chi connectivity index (χ4n) is 1.90. The molecule has 1 aromatic rings. The maximum atomic E-state index is 11.3. The van der Waals surface area contributed by atoms with Gasteiger partial charge in [-0.15, -0.1) is 0 Å². The highest BCUT2D eigenvalue weighted by Crippen LogP contribution is 2.19. The number of aryl methyl sites for hydroxylation is 1. The number of nitriles is 1. The maximum Gasteiger partial charge on any atom is 0.309 e. The molecule has 0 saturated carbocycles. The summed E-state index contributed by atoms with van der Waals surface area (Å²) in [5.74, 6) is -0.267. The van der Waals surface area contributed by atoms with E-state index in [1.807, 2.05) is 26.0 Å². The fourth-order valence-corrected chi connectivity index (χ4v) is 1.90. The van der Waals surface area contributed by atoms with Gasteiger partial charge in [-0.1, -0.05) is 19.9 Å². The van der Waals surface area contributed by atoms with Gasteiger partial charge in [0, 0.05) is 0 Å². The molecule has 0 aliphatic heterocycles. The van der Waals surface area contributed by atoms with Crippen molar-refractivity contribution in [1.29, 1.82) is 5.26 Å². The van der Waals surface area contributed by atoms with Crippen LogP contribution in [0.4, 0.5) is 0 Å². The molecule has 17 heavy (non-hydrogen) atoms. The summed E-state index contributed by atoms with van der Waals surface area (Å²) >= 11 is 0. The van der Waals surface area contributed by atoms with Crippen LogP contribution in [0.2, 0.25) is 0 Å². The minimum atomic E-state index is -0.267. The van der Waals surface area contributed by atoms with Crippen LogP contribution in [0.1, 0.15) is 36.1 Å². The van der Waals surface area contributed by atoms with Gasteiger partial charge in [0.2, 0.25) is 0 Å². The number of esters is 1. The molecule has 3 nitrogen and oxygen atoms in total. The highest BCUT2D eigenvalue weighted by atomic mass is 16.5. The SMILES string of the molecule is CCc1cc(C#N)c(CC)c(CC(=O)OC)c1. The average molecular weight is 231 g/mol. The molecule has 0 heterocycles. The molecule has 1 rings (SSSR count). The Balaban J connectivity index is 3.25. The van der Waals surface area contributed by atoms with Gasteiger partial charge in [0.15, 0.2) is 0 Å². The Hall–Kier alpha value is -1.82. The summed E-state index contributed by atoms with van der Waals surface area (Å²) in [6.45, 7) is 4.02. The van der Waals surface area contributed by atoms with Crippen LogP contribution in [0, 0.1) is 11.3 Å². The quantitative estimate of drug-likeness (QED) is 0.748. The van der Waals surface area contributed by atoms with E-state index >= 15 is 0 Å². The Morgan fingerprint density at radius 1 is 1.35 bits per heavy atom. The summed E-state index contributed by atoms with van der Waals surface area (Å²) in [6.07, 6.45) is 1.84. The average Bonchev–Trinajstić information content (AvgIpc) is 2.37. The highest BCUT2D eigenvalue weighted by molar-refractivity contribution is 5.73. The number of methoxy groups -OCH3 is 1. The molecule has 0 fully saturated rings. The van der Waals surface area contributed by atoms with Crippen molar-refractivity contribution in [3.05, 3.63) is 34.4 Å². The van der Waals surface area contributed by atoms with E-state index in [1.54, 1.807) is 0 Å². The number of rotatable bonds is 4. The molecule has 0 amide bonds. The number of ether oxygens (including phenoxy) is 1. The van der Waals surface area contributed by atoms with Gasteiger partial charge >= 0.3 is 5.97 Å². The summed E-state index contributed by atoms with van der Waals surface area (Å²) < 4.78 is 4.68. The zero-order valence-corrected chi connectivity index (χ0v) is 10.5. The van der Waals surface area contributed by atoms with Gasteiger partial charge in [-0.3, -0.25) is 4.79 Å². The van der Waals surface area contributed by atoms with Crippen LogP contribution >= 0.6 is 0 Å². The molecule has 0 N–H and O–H groups in total. The minimum Gasteiger partial charge on any atom is -0.469 e. The molecule has 0 bridgehead atoms. The van der Waals surface area contributed by atoms with Gasteiger partial charge in [-0.05, 0) is 35.6 Å². The van der Waals surface area contributed by atoms with E-state index < -0.39 is 0 Å². The number of carbonyl (C=O) groups excluding carboxylic acids is 1. The normalized spacial score (nSPS) is 9.76. The number of carbonyl (C=O) groups is 1. The summed E-state index contributed by atoms with van der Waals surface area (Å²) in [5, 5.41) is 9.12. The van der Waals surface area contributed by atoms with Crippen molar-refractivity contribution in [1.82, 2.24) is 0 Å². The van der Waals surface area contributed by atoms with Crippen LogP contribution in [0.15, 0.2) is 12.1 Å². The topological polar surface area (TPSA) is 50.1 Å². The molecule has 1 aromatic carbocycles. The van der Waals surface area contributed by atoms with E-state index in [4.69, 9.17) is 5.26 Å². The molecular formula is C14H17NO2. The van der Waals surface area contributed by atoms with Crippen LogP contribution in [-0.4, -0.2) is 13.1 Å². The van der Waals surface area contributed by atoms with Crippen molar-refractivity contribution in [2.75, 3.05) is 7.11 Å². The van der Waals surface area contributed by atoms with E-state index in [0.29, 0.717) is 5.56 Å². The van der Waals surface area contributed by atoms with Gasteiger partial charge in [0.25, 0.3) is 0 Å². The lowest BCUT2D eigenvalue weighted by Gasteiger charge is -2.11. The van der Waals surface area contributed by atoms with Crippen LogP contribution < -0.4 is 0 Å². The molecule has 0 aliphatic rings. The van der Waals surface area contributed by atoms with Crippen molar-refractivity contribution in [2.24, 2.45) is 0 Å². The largest absolute Gasteiger partial charge is 0.469 e. The van der Waals surface area contributed by atoms with Gasteiger partial charge in [0.1, 0.15) is 0 Å². The second kappa shape index (κ2) is 6.05. The van der Waals surface area contributed by atoms with Crippen molar-refractivity contribution < 1.29 is 9.53 Å². The second-order valence-electron chi connectivity index (χ2n) is 3.85. The van der Waals surface area contributed by atoms with Gasteiger partial charge in [-0.25, -0.2) is 0 Å². The Kier molecular flexibility index (Phi) is 4.71. The first-order valence-corrected chi connectivity index (χ1v) is 5.77. The Morgan fingerprint density at radius 3 is 2.53 bits per heavy atom. The van der Waals surface area contributed by atoms with E-state index in [-0.39, 0.29) is 12.4 Å². The Bertz CT molecular complexity index is 458. The molecule has 90 valence electrons. The monoisotopic (exact) mass is 231 g/mol. The van der Waals surface area contributed by atoms with Crippen molar-refractivity contribution in [2.45, 2.75) is 33.1 Å². The molecule has 0 radical (unpaired) electrons. The number of nitrogens with zero attached hydrogens (tertiary/aromatic N) is 1. The molecule has 0 unspecified atom stereocenters. The zero-order valence-electron chi connectivity index (χ0n) is 10.5. The summed E-state index contributed by atoms with van der Waals surface area (Å²) in [5.41, 5.74) is 3.62. The van der Waals surface area contributed by atoms with E-state index in [9.17, 15) is 4.79 Å². The first kappa shape index (κ1) is 13.2. The van der Waals surface area contributed by atoms with E-state index in [2.05, 4.69) is 10.8 Å². The van der Waals surface area contributed by atoms with E-state index in [0.717, 1.165) is 29.5 Å². The molecule has 0 atom stereocenters. The Labute approximate surface area is 102 Å². The molecule has 0 spiro atoms. The lowest BCUT2D eigenvalue weighted by molar-refractivity contribution is -0.139. The first-order chi connectivity index (χ1) is 8.15. The van der Waals surface area contributed by atoms with Crippen molar-refractivity contribution in [3.63, 3.8) is 0 Å². The smallest absolute Gasteiger partial charge is 0.309 e. The summed E-state index contributed by atoms with van der Waals surface area (Å²) in [4.78, 5) is 11.3. The lowest BCUT2D eigenvalue weighted by Crippen LogP contribution is -2.08. The second-order valence-corrected chi connectivity index (χ2v) is 3.85. The van der Waals surface area contributed by atoms with Crippen LogP contribution in [0.25, 0.3) is 0 Å². The third kappa shape index (κ3) is 3.07. The van der Waals surface area contributed by atoms with Gasteiger partial charge < -0.3 is 4.74 Å². The Morgan fingerprint density at radius 2 is 2.06 bits per heavy atom. The van der Waals surface area contributed by atoms with Gasteiger partial charge in [0.05, 0.1) is 25.2 Å². The van der Waals surface area contributed by atoms with Crippen molar-refractivity contribution >= 4 is 5.97 Å². The van der Waals surface area contributed by atoms with Crippen molar-refractivity contribution in [3.8, 4) is 6.07 Å². The zero-order chi connectivity index (χ0) is 12.8. The predicted octanol–water partition coefficient (Wildman–Crippen LogP) is 2.40. The summed E-state index contributed by atoms with van der Waals surface area (Å²) in [7, 11) is 1.38. The highest BCUT2D eigenvalue weighted by Gasteiger charge is 2.12. The molecule has 3 heteroatoms. The summed E-state index contributed by atoms with van der Waals surface area (Å²) in [6, 6.07) is 6.10. The number of benzene rings is 1. The molecule has 0 saturated heterocycles. The third-order valence-corrected chi connectivity index (χ3v) is 2.85. The number of hydrogen-bond donors (Lipinski definition) is 0.